The second kappa shape index (κ2) is 6.11. The lowest BCUT2D eigenvalue weighted by Gasteiger charge is -2.13. The van der Waals surface area contributed by atoms with Crippen LogP contribution in [-0.4, -0.2) is 26.6 Å². The zero-order valence-corrected chi connectivity index (χ0v) is 14.6. The number of benzene rings is 2. The van der Waals surface area contributed by atoms with Gasteiger partial charge in [-0.1, -0.05) is 12.1 Å². The summed E-state index contributed by atoms with van der Waals surface area (Å²) in [4.78, 5) is 25.4. The van der Waals surface area contributed by atoms with E-state index in [0.29, 0.717) is 17.3 Å². The molecule has 0 aliphatic heterocycles. The largest absolute Gasteiger partial charge is 0.497 e. The predicted molar refractivity (Wildman–Crippen MR) is 101 cm³/mol. The summed E-state index contributed by atoms with van der Waals surface area (Å²) in [7, 11) is 3.46. The number of aromatic nitrogens is 4. The van der Waals surface area contributed by atoms with Gasteiger partial charge in [0.2, 0.25) is 11.9 Å². The van der Waals surface area contributed by atoms with Crippen molar-refractivity contribution >= 4 is 33.7 Å². The number of rotatable bonds is 3. The molecule has 4 aromatic rings. The Bertz CT molecular complexity index is 1200. The lowest BCUT2D eigenvalue weighted by atomic mass is 10.2. The van der Waals surface area contributed by atoms with Gasteiger partial charge < -0.3 is 9.30 Å². The normalized spacial score (nSPS) is 11.0. The van der Waals surface area contributed by atoms with Gasteiger partial charge in [-0.3, -0.25) is 10.1 Å². The van der Waals surface area contributed by atoms with Gasteiger partial charge in [-0.15, -0.1) is 0 Å². The maximum absolute atomic E-state index is 12.3. The minimum atomic E-state index is -0.291. The molecule has 0 saturated heterocycles. The Kier molecular flexibility index (Phi) is 3.76. The molecule has 0 bridgehead atoms. The van der Waals surface area contributed by atoms with Gasteiger partial charge in [0, 0.05) is 18.5 Å². The van der Waals surface area contributed by atoms with Gasteiger partial charge in [-0.05, 0) is 31.2 Å². The standard InChI is InChI=1S/C19H17N5O2/c1-11-13-9-8-12(26-3)10-15(13)21-18(20-11)23-19-22-17(25)14-6-4-5-7-16(14)24(19)2/h4-10H,1-3H3,(H,20,21,22,23,25). The van der Waals surface area contributed by atoms with E-state index in [4.69, 9.17) is 4.74 Å². The predicted octanol–water partition coefficient (Wildman–Crippen LogP) is 2.94. The van der Waals surface area contributed by atoms with Crippen molar-refractivity contribution in [3.8, 4) is 5.75 Å². The molecule has 2 aromatic heterocycles. The van der Waals surface area contributed by atoms with E-state index in [0.717, 1.165) is 27.9 Å². The van der Waals surface area contributed by atoms with Crippen LogP contribution in [0.25, 0.3) is 21.8 Å². The maximum Gasteiger partial charge on any atom is 0.282 e. The average Bonchev–Trinajstić information content (AvgIpc) is 2.65. The quantitative estimate of drug-likeness (QED) is 0.614. The summed E-state index contributed by atoms with van der Waals surface area (Å²) in [6.45, 7) is 1.91. The van der Waals surface area contributed by atoms with Gasteiger partial charge in [-0.25, -0.2) is 9.97 Å². The summed E-state index contributed by atoms with van der Waals surface area (Å²) < 4.78 is 7.08. The van der Waals surface area contributed by atoms with Crippen LogP contribution in [0.15, 0.2) is 47.3 Å². The molecular weight excluding hydrogens is 330 g/mol. The van der Waals surface area contributed by atoms with Crippen LogP contribution in [0.2, 0.25) is 0 Å². The molecule has 0 fully saturated rings. The van der Waals surface area contributed by atoms with E-state index >= 15 is 0 Å². The Hall–Kier alpha value is -3.48. The highest BCUT2D eigenvalue weighted by molar-refractivity contribution is 5.84. The first-order valence-electron chi connectivity index (χ1n) is 8.12. The number of hydrogen-bond acceptors (Lipinski definition) is 6. The fourth-order valence-electron chi connectivity index (χ4n) is 2.96. The molecule has 0 atom stereocenters. The van der Waals surface area contributed by atoms with E-state index in [1.165, 1.54) is 0 Å². The van der Waals surface area contributed by atoms with E-state index < -0.39 is 0 Å². The molecule has 0 unspecified atom stereocenters. The molecule has 130 valence electrons. The average molecular weight is 347 g/mol. The third-order valence-electron chi connectivity index (χ3n) is 4.34. The molecule has 0 aliphatic carbocycles. The Balaban J connectivity index is 1.83. The molecule has 4 rings (SSSR count). The van der Waals surface area contributed by atoms with Gasteiger partial charge in [0.1, 0.15) is 5.75 Å². The molecule has 7 heteroatoms. The van der Waals surface area contributed by atoms with Crippen LogP contribution in [0, 0.1) is 6.92 Å². The van der Waals surface area contributed by atoms with E-state index in [2.05, 4.69) is 20.3 Å². The number of para-hydroxylation sites is 1. The summed E-state index contributed by atoms with van der Waals surface area (Å²) >= 11 is 0. The van der Waals surface area contributed by atoms with Gasteiger partial charge >= 0.3 is 0 Å². The lowest BCUT2D eigenvalue weighted by molar-refractivity contribution is 0.415. The van der Waals surface area contributed by atoms with Crippen LogP contribution in [-0.2, 0) is 7.05 Å². The highest BCUT2D eigenvalue weighted by Gasteiger charge is 2.11. The van der Waals surface area contributed by atoms with Crippen LogP contribution >= 0.6 is 0 Å². The zero-order valence-electron chi connectivity index (χ0n) is 14.6. The second-order valence-corrected chi connectivity index (χ2v) is 5.96. The fourth-order valence-corrected chi connectivity index (χ4v) is 2.96. The molecule has 1 N–H and O–H groups in total. The Morgan fingerprint density at radius 3 is 2.65 bits per heavy atom. The van der Waals surface area contributed by atoms with E-state index in [-0.39, 0.29) is 5.56 Å². The van der Waals surface area contributed by atoms with E-state index in [1.54, 1.807) is 13.2 Å². The highest BCUT2D eigenvalue weighted by atomic mass is 16.5. The first-order valence-corrected chi connectivity index (χ1v) is 8.12. The van der Waals surface area contributed by atoms with Crippen molar-refractivity contribution < 1.29 is 4.74 Å². The number of methoxy groups -OCH3 is 1. The summed E-state index contributed by atoms with van der Waals surface area (Å²) in [6.07, 6.45) is 0. The first-order chi connectivity index (χ1) is 12.6. The molecule has 0 spiro atoms. The van der Waals surface area contributed by atoms with Crippen molar-refractivity contribution in [1.82, 2.24) is 19.5 Å². The smallest absolute Gasteiger partial charge is 0.282 e. The summed E-state index contributed by atoms with van der Waals surface area (Å²) in [5.74, 6) is 1.48. The second-order valence-electron chi connectivity index (χ2n) is 5.96. The number of nitrogens with one attached hydrogen (secondary N) is 1. The third-order valence-corrected chi connectivity index (χ3v) is 4.34. The van der Waals surface area contributed by atoms with Gasteiger partial charge in [-0.2, -0.15) is 4.98 Å². The van der Waals surface area contributed by atoms with Gasteiger partial charge in [0.15, 0.2) is 0 Å². The Morgan fingerprint density at radius 1 is 1.04 bits per heavy atom. The molecule has 7 nitrogen and oxygen atoms in total. The van der Waals surface area contributed by atoms with E-state index in [1.807, 2.05) is 54.9 Å². The van der Waals surface area contributed by atoms with Crippen LogP contribution in [0.5, 0.6) is 5.75 Å². The van der Waals surface area contributed by atoms with E-state index in [9.17, 15) is 4.79 Å². The molecular formula is C19H17N5O2. The molecule has 2 heterocycles. The van der Waals surface area contributed by atoms with Crippen LogP contribution in [0.1, 0.15) is 5.69 Å². The summed E-state index contributed by atoms with van der Waals surface area (Å²) in [5.41, 5.74) is 2.07. The molecule has 2 aromatic carbocycles. The van der Waals surface area contributed by atoms with Crippen molar-refractivity contribution in [2.45, 2.75) is 6.92 Å². The Morgan fingerprint density at radius 2 is 1.85 bits per heavy atom. The van der Waals surface area contributed by atoms with Crippen LogP contribution in [0.3, 0.4) is 0 Å². The van der Waals surface area contributed by atoms with Crippen LogP contribution in [0.4, 0.5) is 11.9 Å². The SMILES string of the molecule is COc1ccc2c(C)nc(Nc3nc(=O)c4ccccc4n3C)nc2c1. The maximum atomic E-state index is 12.3. The number of aryl methyl sites for hydroxylation is 2. The molecule has 0 amide bonds. The van der Waals surface area contributed by atoms with Crippen LogP contribution < -0.4 is 15.6 Å². The topological polar surface area (TPSA) is 81.9 Å². The number of anilines is 2. The number of hydrogen-bond donors (Lipinski definition) is 1. The van der Waals surface area contributed by atoms with Crippen molar-refractivity contribution in [1.29, 1.82) is 0 Å². The summed E-state index contributed by atoms with van der Waals surface area (Å²) in [5, 5.41) is 4.58. The van der Waals surface area contributed by atoms with Crippen molar-refractivity contribution in [2.24, 2.45) is 7.05 Å². The molecule has 0 saturated carbocycles. The summed E-state index contributed by atoms with van der Waals surface area (Å²) in [6, 6.07) is 13.0. The minimum absolute atomic E-state index is 0.291. The third kappa shape index (κ3) is 2.63. The van der Waals surface area contributed by atoms with Crippen molar-refractivity contribution in [2.75, 3.05) is 12.4 Å². The zero-order chi connectivity index (χ0) is 18.3. The first kappa shape index (κ1) is 16.0. The van der Waals surface area contributed by atoms with Crippen molar-refractivity contribution in [3.63, 3.8) is 0 Å². The lowest BCUT2D eigenvalue weighted by Crippen LogP contribution is -2.16. The minimum Gasteiger partial charge on any atom is -0.497 e. The number of nitrogens with zero attached hydrogens (tertiary/aromatic N) is 4. The number of ether oxygens (including phenoxy) is 1. The number of fused-ring (bicyclic) bond motifs is 2. The Labute approximate surface area is 149 Å². The highest BCUT2D eigenvalue weighted by Crippen LogP contribution is 2.23. The fraction of sp³-hybridized carbons (Fsp3) is 0.158. The molecule has 0 radical (unpaired) electrons. The van der Waals surface area contributed by atoms with Gasteiger partial charge in [0.05, 0.1) is 29.2 Å². The van der Waals surface area contributed by atoms with Crippen molar-refractivity contribution in [3.05, 3.63) is 58.5 Å². The monoisotopic (exact) mass is 347 g/mol. The van der Waals surface area contributed by atoms with Gasteiger partial charge in [0.25, 0.3) is 5.56 Å². The molecule has 0 aliphatic rings. The molecule has 26 heavy (non-hydrogen) atoms.